The van der Waals surface area contributed by atoms with Crippen LogP contribution in [-0.4, -0.2) is 31.0 Å². The maximum absolute atomic E-state index is 14.1. The van der Waals surface area contributed by atoms with Gasteiger partial charge >= 0.3 is 0 Å². The van der Waals surface area contributed by atoms with Gasteiger partial charge in [-0.15, -0.1) is 12.4 Å². The van der Waals surface area contributed by atoms with Crippen molar-refractivity contribution in [3.63, 3.8) is 0 Å². The number of nitrogens with zero attached hydrogens (tertiary/aromatic N) is 1. The van der Waals surface area contributed by atoms with E-state index in [1.54, 1.807) is 29.2 Å². The number of rotatable bonds is 7. The molecule has 0 saturated heterocycles. The molecule has 1 aliphatic rings. The number of fused-ring (bicyclic) bond motifs is 1. The molecule has 0 aromatic heterocycles. The van der Waals surface area contributed by atoms with E-state index in [4.69, 9.17) is 22.1 Å². The highest BCUT2D eigenvalue weighted by atomic mass is 35.5. The van der Waals surface area contributed by atoms with Gasteiger partial charge in [-0.2, -0.15) is 0 Å². The van der Waals surface area contributed by atoms with Crippen molar-refractivity contribution >= 4 is 41.5 Å². The van der Waals surface area contributed by atoms with Crippen LogP contribution in [0.15, 0.2) is 66.7 Å². The zero-order chi connectivity index (χ0) is 27.4. The van der Waals surface area contributed by atoms with Crippen molar-refractivity contribution < 1.29 is 18.7 Å². The molecule has 1 heterocycles. The second kappa shape index (κ2) is 12.9. The van der Waals surface area contributed by atoms with Crippen molar-refractivity contribution in [3.05, 3.63) is 99.8 Å². The first-order valence-corrected chi connectivity index (χ1v) is 13.0. The van der Waals surface area contributed by atoms with Crippen molar-refractivity contribution in [2.75, 3.05) is 18.0 Å². The molecule has 0 radical (unpaired) electrons. The Balaban J connectivity index is 0.00000420. The van der Waals surface area contributed by atoms with Crippen LogP contribution in [0.3, 0.4) is 0 Å². The number of nitrogens with one attached hydrogen (secondary N) is 1. The lowest BCUT2D eigenvalue weighted by atomic mass is 9.94. The van der Waals surface area contributed by atoms with E-state index in [0.717, 1.165) is 16.7 Å². The highest BCUT2D eigenvalue weighted by Crippen LogP contribution is 2.40. The number of hydrogen-bond donors (Lipinski definition) is 2. The number of halogens is 3. The molecule has 2 amide bonds. The van der Waals surface area contributed by atoms with E-state index in [-0.39, 0.29) is 42.3 Å². The number of carbonyl (C=O) groups excluding carboxylic acids is 2. The van der Waals surface area contributed by atoms with E-state index in [1.165, 1.54) is 6.07 Å². The lowest BCUT2D eigenvalue weighted by molar-refractivity contribution is -0.132. The van der Waals surface area contributed by atoms with E-state index in [1.807, 2.05) is 36.4 Å². The van der Waals surface area contributed by atoms with Gasteiger partial charge in [-0.05, 0) is 46.4 Å². The van der Waals surface area contributed by atoms with E-state index in [2.05, 4.69) is 26.1 Å². The molecule has 0 fully saturated rings. The molecule has 39 heavy (non-hydrogen) atoms. The van der Waals surface area contributed by atoms with Gasteiger partial charge in [0.1, 0.15) is 11.9 Å². The fourth-order valence-electron chi connectivity index (χ4n) is 4.57. The van der Waals surface area contributed by atoms with E-state index in [0.29, 0.717) is 23.8 Å². The second-order valence-corrected chi connectivity index (χ2v) is 11.2. The Kier molecular flexibility index (Phi) is 10.1. The summed E-state index contributed by atoms with van der Waals surface area (Å²) in [6, 6.07) is 19.2. The van der Waals surface area contributed by atoms with Gasteiger partial charge in [0.2, 0.25) is 5.91 Å². The topological polar surface area (TPSA) is 84.7 Å². The Hall–Kier alpha value is -2.97. The molecule has 3 aromatic rings. The summed E-state index contributed by atoms with van der Waals surface area (Å²) >= 11 is 6.42. The third kappa shape index (κ3) is 7.57. The lowest BCUT2D eigenvalue weighted by Gasteiger charge is -2.31. The zero-order valence-corrected chi connectivity index (χ0v) is 23.8. The molecular formula is C30H34Cl2FN3O3. The number of anilines is 1. The van der Waals surface area contributed by atoms with Gasteiger partial charge < -0.3 is 20.7 Å². The number of nitrogens with two attached hydrogens (primary N) is 1. The highest BCUT2D eigenvalue weighted by molar-refractivity contribution is 6.30. The smallest absolute Gasteiger partial charge is 0.258 e. The maximum Gasteiger partial charge on any atom is 0.258 e. The van der Waals surface area contributed by atoms with Gasteiger partial charge in [-0.25, -0.2) is 4.39 Å². The summed E-state index contributed by atoms with van der Waals surface area (Å²) in [5.41, 5.74) is 9.17. The summed E-state index contributed by atoms with van der Waals surface area (Å²) < 4.78 is 20.5. The molecule has 0 bridgehead atoms. The molecular weight excluding hydrogens is 540 g/mol. The van der Waals surface area contributed by atoms with Crippen LogP contribution in [0, 0.1) is 11.2 Å². The normalized spacial score (nSPS) is 17.2. The molecule has 0 spiro atoms. The molecule has 2 unspecified atom stereocenters. The summed E-state index contributed by atoms with van der Waals surface area (Å²) in [6.07, 6.45) is -1.76. The van der Waals surface area contributed by atoms with Crippen molar-refractivity contribution in [2.24, 2.45) is 11.1 Å². The van der Waals surface area contributed by atoms with Crippen LogP contribution in [0.2, 0.25) is 5.02 Å². The minimum absolute atomic E-state index is 0. The highest BCUT2D eigenvalue weighted by Gasteiger charge is 2.38. The van der Waals surface area contributed by atoms with Crippen molar-refractivity contribution in [3.8, 4) is 0 Å². The third-order valence-corrected chi connectivity index (χ3v) is 6.56. The monoisotopic (exact) mass is 573 g/mol. The summed E-state index contributed by atoms with van der Waals surface area (Å²) in [5.74, 6) is -1.12. The maximum atomic E-state index is 14.1. The van der Waals surface area contributed by atoms with Crippen LogP contribution in [0.1, 0.15) is 49.1 Å². The van der Waals surface area contributed by atoms with Crippen molar-refractivity contribution in [2.45, 2.75) is 45.9 Å². The largest absolute Gasteiger partial charge is 0.354 e. The molecule has 208 valence electrons. The molecule has 6 nitrogen and oxygen atoms in total. The fourth-order valence-corrected chi connectivity index (χ4v) is 4.75. The minimum atomic E-state index is -0.986. The summed E-state index contributed by atoms with van der Waals surface area (Å²) in [6.45, 7) is 6.87. The molecule has 3 N–H and O–H groups in total. The van der Waals surface area contributed by atoms with E-state index >= 15 is 0 Å². The standard InChI is InChI=1S/C30H33ClFN3O3.ClH/c1-30(2,3)18-35-25-12-11-22(31)15-23(25)28(21-9-6-7-19(13-21)16-33)38-26(29(35)37)17-34-27(36)14-20-8-4-5-10-24(20)32;/h4-13,15,26,28H,14,16-18,33H2,1-3H3,(H,34,36);1H. The first-order valence-electron chi connectivity index (χ1n) is 12.6. The average molecular weight is 575 g/mol. The number of ether oxygens (including phenoxy) is 1. The number of hydrogen-bond acceptors (Lipinski definition) is 4. The third-order valence-electron chi connectivity index (χ3n) is 6.32. The van der Waals surface area contributed by atoms with Crippen LogP contribution >= 0.6 is 24.0 Å². The van der Waals surface area contributed by atoms with Crippen LogP contribution < -0.4 is 16.0 Å². The molecule has 3 aromatic carbocycles. The van der Waals surface area contributed by atoms with Crippen LogP contribution in [0.5, 0.6) is 0 Å². The number of amides is 2. The Bertz CT molecular complexity index is 1330. The summed E-state index contributed by atoms with van der Waals surface area (Å²) in [4.78, 5) is 28.4. The summed E-state index contributed by atoms with van der Waals surface area (Å²) in [7, 11) is 0. The predicted octanol–water partition coefficient (Wildman–Crippen LogP) is 5.59. The Morgan fingerprint density at radius 3 is 2.54 bits per heavy atom. The first-order chi connectivity index (χ1) is 18.1. The van der Waals surface area contributed by atoms with Gasteiger partial charge in [-0.1, -0.05) is 74.8 Å². The molecule has 0 aliphatic carbocycles. The second-order valence-electron chi connectivity index (χ2n) is 10.7. The fraction of sp³-hybridized carbons (Fsp3) is 0.333. The Labute approximate surface area is 240 Å². The summed E-state index contributed by atoms with van der Waals surface area (Å²) in [5, 5.41) is 3.30. The van der Waals surface area contributed by atoms with Gasteiger partial charge in [0.05, 0.1) is 13.0 Å². The quantitative estimate of drug-likeness (QED) is 0.386. The molecule has 4 rings (SSSR count). The van der Waals surface area contributed by atoms with E-state index in [9.17, 15) is 14.0 Å². The molecule has 0 saturated carbocycles. The van der Waals surface area contributed by atoms with Crippen LogP contribution in [0.4, 0.5) is 10.1 Å². The Morgan fingerprint density at radius 1 is 1.10 bits per heavy atom. The first kappa shape index (κ1) is 30.6. The van der Waals surface area contributed by atoms with Crippen LogP contribution in [0.25, 0.3) is 0 Å². The SMILES string of the molecule is CC(C)(C)CN1C(=O)C(CNC(=O)Cc2ccccc2F)OC(c2cccc(CN)c2)c2cc(Cl)ccc21.Cl. The lowest BCUT2D eigenvalue weighted by Crippen LogP contribution is -2.48. The number of carbonyl (C=O) groups is 2. The van der Waals surface area contributed by atoms with E-state index < -0.39 is 23.9 Å². The predicted molar refractivity (Wildman–Crippen MR) is 155 cm³/mol. The van der Waals surface area contributed by atoms with Crippen molar-refractivity contribution in [1.29, 1.82) is 0 Å². The van der Waals surface area contributed by atoms with Gasteiger partial charge in [0.25, 0.3) is 5.91 Å². The van der Waals surface area contributed by atoms with Gasteiger partial charge in [0, 0.05) is 29.4 Å². The Morgan fingerprint density at radius 2 is 1.85 bits per heavy atom. The van der Waals surface area contributed by atoms with Gasteiger partial charge in [0.15, 0.2) is 6.10 Å². The zero-order valence-electron chi connectivity index (χ0n) is 22.2. The van der Waals surface area contributed by atoms with Gasteiger partial charge in [-0.3, -0.25) is 9.59 Å². The number of benzene rings is 3. The molecule has 1 aliphatic heterocycles. The molecule has 9 heteroatoms. The molecule has 2 atom stereocenters. The van der Waals surface area contributed by atoms with Crippen molar-refractivity contribution in [1.82, 2.24) is 5.32 Å². The minimum Gasteiger partial charge on any atom is -0.354 e. The average Bonchev–Trinajstić information content (AvgIpc) is 2.98. The van der Waals surface area contributed by atoms with Crippen LogP contribution in [-0.2, 0) is 27.3 Å².